The first-order valence-electron chi connectivity index (χ1n) is 12.6. The number of rotatable bonds is 7. The van der Waals surface area contributed by atoms with Gasteiger partial charge in [-0.1, -0.05) is 34.1 Å². The van der Waals surface area contributed by atoms with Gasteiger partial charge in [0.2, 0.25) is 5.95 Å². The molecule has 0 aliphatic carbocycles. The summed E-state index contributed by atoms with van der Waals surface area (Å²) in [5.41, 5.74) is 11.0. The Morgan fingerprint density at radius 3 is 2.45 bits per heavy atom. The number of nitrogens with two attached hydrogens (primary N) is 1. The number of benzene rings is 3. The minimum absolute atomic E-state index is 0.0262. The molecule has 0 unspecified atom stereocenters. The van der Waals surface area contributed by atoms with E-state index >= 15 is 0 Å². The Morgan fingerprint density at radius 1 is 1.00 bits per heavy atom. The number of aromatic nitrogens is 3. The number of hydrogen-bond donors (Lipinski definition) is 2. The molecule has 0 spiro atoms. The normalized spacial score (nSPS) is 13.9. The molecule has 0 bridgehead atoms. The predicted molar refractivity (Wildman–Crippen MR) is 154 cm³/mol. The predicted octanol–water partition coefficient (Wildman–Crippen LogP) is 4.78. The Labute approximate surface area is 232 Å². The number of halogens is 1. The lowest BCUT2D eigenvalue weighted by Gasteiger charge is -2.14. The van der Waals surface area contributed by atoms with E-state index in [9.17, 15) is 13.5 Å². The van der Waals surface area contributed by atoms with Gasteiger partial charge in [0.15, 0.2) is 9.84 Å². The molecule has 8 nitrogen and oxygen atoms in total. The highest BCUT2D eigenvalue weighted by molar-refractivity contribution is 9.10. The van der Waals surface area contributed by atoms with Crippen LogP contribution < -0.4 is 5.73 Å². The third-order valence-corrected chi connectivity index (χ3v) is 8.84. The molecule has 10 heteroatoms. The molecule has 0 amide bonds. The quantitative estimate of drug-likeness (QED) is 0.312. The van der Waals surface area contributed by atoms with Crippen molar-refractivity contribution in [2.75, 3.05) is 31.1 Å². The van der Waals surface area contributed by atoms with Crippen molar-refractivity contribution in [3.8, 4) is 11.1 Å². The highest BCUT2D eigenvalue weighted by Crippen LogP contribution is 2.27. The minimum Gasteiger partial charge on any atom is -0.392 e. The number of aryl methyl sites for hydroxylation is 1. The van der Waals surface area contributed by atoms with Gasteiger partial charge in [-0.15, -0.1) is 10.2 Å². The maximum Gasteiger partial charge on any atom is 0.240 e. The van der Waals surface area contributed by atoms with Crippen molar-refractivity contribution in [1.29, 1.82) is 0 Å². The number of aliphatic hydroxyl groups excluding tert-OH is 1. The van der Waals surface area contributed by atoms with Crippen molar-refractivity contribution in [1.82, 2.24) is 20.1 Å². The summed E-state index contributed by atoms with van der Waals surface area (Å²) in [7, 11) is -3.12. The Kier molecular flexibility index (Phi) is 9.43. The largest absolute Gasteiger partial charge is 0.392 e. The molecule has 1 aliphatic rings. The summed E-state index contributed by atoms with van der Waals surface area (Å²) < 4.78 is 25.1. The van der Waals surface area contributed by atoms with Crippen LogP contribution in [0.2, 0.25) is 0 Å². The van der Waals surface area contributed by atoms with Gasteiger partial charge in [0.1, 0.15) is 5.52 Å². The highest BCUT2D eigenvalue weighted by Gasteiger charge is 2.16. The van der Waals surface area contributed by atoms with Crippen molar-refractivity contribution < 1.29 is 13.5 Å². The topological polar surface area (TPSA) is 122 Å². The van der Waals surface area contributed by atoms with E-state index in [1.165, 1.54) is 12.8 Å². The van der Waals surface area contributed by atoms with E-state index in [1.54, 1.807) is 24.3 Å². The molecule has 200 valence electrons. The molecule has 1 fully saturated rings. The fourth-order valence-corrected chi connectivity index (χ4v) is 6.05. The fraction of sp³-hybridized carbons (Fsp3) is 0.321. The van der Waals surface area contributed by atoms with Gasteiger partial charge in [-0.2, -0.15) is 0 Å². The summed E-state index contributed by atoms with van der Waals surface area (Å²) in [6, 6.07) is 18.5. The van der Waals surface area contributed by atoms with Crippen LogP contribution in [0.1, 0.15) is 30.4 Å². The van der Waals surface area contributed by atoms with E-state index in [2.05, 4.69) is 36.0 Å². The minimum atomic E-state index is -3.12. The summed E-state index contributed by atoms with van der Waals surface area (Å²) >= 11 is 3.31. The lowest BCUT2D eigenvalue weighted by molar-refractivity contribution is 0.282. The smallest absolute Gasteiger partial charge is 0.240 e. The molecule has 1 saturated heterocycles. The number of aliphatic hydroxyl groups is 1. The average Bonchev–Trinajstić information content (AvgIpc) is 3.42. The van der Waals surface area contributed by atoms with Crippen molar-refractivity contribution in [2.45, 2.75) is 37.7 Å². The van der Waals surface area contributed by atoms with Gasteiger partial charge < -0.3 is 15.7 Å². The van der Waals surface area contributed by atoms with Crippen LogP contribution in [0.5, 0.6) is 0 Å². The Balaban J connectivity index is 0.000000178. The molecule has 4 aromatic rings. The van der Waals surface area contributed by atoms with E-state index < -0.39 is 9.84 Å². The van der Waals surface area contributed by atoms with Crippen LogP contribution in [-0.2, 0) is 16.4 Å². The number of fused-ring (bicyclic) bond motifs is 1. The molecule has 0 saturated carbocycles. The lowest BCUT2D eigenvalue weighted by Crippen LogP contribution is -2.22. The first kappa shape index (κ1) is 28.1. The van der Waals surface area contributed by atoms with E-state index in [1.807, 2.05) is 43.3 Å². The average molecular weight is 599 g/mol. The van der Waals surface area contributed by atoms with Crippen LogP contribution in [0, 0.1) is 6.92 Å². The molecule has 1 aromatic heterocycles. The van der Waals surface area contributed by atoms with E-state index in [-0.39, 0.29) is 18.3 Å². The van der Waals surface area contributed by atoms with Crippen LogP contribution in [0.15, 0.2) is 70.0 Å². The molecule has 1 aliphatic heterocycles. The maximum absolute atomic E-state index is 12.1. The highest BCUT2D eigenvalue weighted by atomic mass is 79.9. The third kappa shape index (κ3) is 7.35. The lowest BCUT2D eigenvalue weighted by atomic mass is 9.98. The number of sulfone groups is 1. The van der Waals surface area contributed by atoms with Crippen molar-refractivity contribution >= 4 is 42.7 Å². The number of hydrogen-bond acceptors (Lipinski definition) is 8. The van der Waals surface area contributed by atoms with E-state index in [4.69, 9.17) is 5.73 Å². The Morgan fingerprint density at radius 2 is 1.74 bits per heavy atom. The van der Waals surface area contributed by atoms with Crippen LogP contribution in [0.25, 0.3) is 22.2 Å². The van der Waals surface area contributed by atoms with Gasteiger partial charge >= 0.3 is 0 Å². The fourth-order valence-electron chi connectivity index (χ4n) is 4.49. The Hall–Kier alpha value is -2.92. The molecule has 38 heavy (non-hydrogen) atoms. The third-order valence-electron chi connectivity index (χ3n) is 6.50. The zero-order valence-corrected chi connectivity index (χ0v) is 23.7. The number of anilines is 1. The van der Waals surface area contributed by atoms with Crippen molar-refractivity contribution in [3.63, 3.8) is 0 Å². The van der Waals surface area contributed by atoms with Crippen LogP contribution in [-0.4, -0.2) is 59.0 Å². The van der Waals surface area contributed by atoms with Crippen LogP contribution in [0.3, 0.4) is 0 Å². The standard InChI is InChI=1S/C15H14N4O.C13H18BrNO2S/c1-9-5-13-14(18-19-15(16)17-13)7-12(9)11-4-2-3-10(6-11)8-20;14-12-4-6-13(7-5-12)18(16,17)11-3-10-15-8-1-2-9-15/h2-7,20H,8H2,1H3,(H2,16,17,19);4-7H,1-3,8-11H2. The SMILES string of the molecule is Cc1cc2nc(N)nnc2cc1-c1cccc(CO)c1.O=S(=O)(CCCN1CCCC1)c1ccc(Br)cc1. The zero-order valence-electron chi connectivity index (χ0n) is 21.3. The first-order valence-corrected chi connectivity index (χ1v) is 15.0. The summed E-state index contributed by atoms with van der Waals surface area (Å²) in [6.07, 6.45) is 3.22. The maximum atomic E-state index is 12.1. The van der Waals surface area contributed by atoms with E-state index in [0.29, 0.717) is 10.4 Å². The molecule has 3 N–H and O–H groups in total. The van der Waals surface area contributed by atoms with Gasteiger partial charge in [0, 0.05) is 4.47 Å². The van der Waals surface area contributed by atoms with Gasteiger partial charge in [0.25, 0.3) is 0 Å². The van der Waals surface area contributed by atoms with Gasteiger partial charge in [0.05, 0.1) is 22.8 Å². The monoisotopic (exact) mass is 597 g/mol. The van der Waals surface area contributed by atoms with Crippen LogP contribution >= 0.6 is 15.9 Å². The number of likely N-dealkylation sites (tertiary alicyclic amines) is 1. The number of nitrogens with zero attached hydrogens (tertiary/aromatic N) is 4. The zero-order chi connectivity index (χ0) is 27.1. The van der Waals surface area contributed by atoms with Gasteiger partial charge in [-0.3, -0.25) is 0 Å². The van der Waals surface area contributed by atoms with Gasteiger partial charge in [-0.05, 0) is 111 Å². The molecule has 0 radical (unpaired) electrons. The summed E-state index contributed by atoms with van der Waals surface area (Å²) in [4.78, 5) is 6.94. The Bertz CT molecular complexity index is 1490. The summed E-state index contributed by atoms with van der Waals surface area (Å²) in [5.74, 6) is 0.414. The number of nitrogen functional groups attached to an aromatic ring is 1. The second-order valence-electron chi connectivity index (χ2n) is 9.36. The molecular formula is C28H32BrN5O3S. The van der Waals surface area contributed by atoms with Crippen molar-refractivity contribution in [3.05, 3.63) is 76.3 Å². The molecular weight excluding hydrogens is 566 g/mol. The molecule has 0 atom stereocenters. The molecule has 3 aromatic carbocycles. The molecule has 5 rings (SSSR count). The van der Waals surface area contributed by atoms with Crippen molar-refractivity contribution in [2.24, 2.45) is 0 Å². The summed E-state index contributed by atoms with van der Waals surface area (Å²) in [6.45, 7) is 5.18. The second kappa shape index (κ2) is 12.8. The van der Waals surface area contributed by atoms with Crippen LogP contribution in [0.4, 0.5) is 5.95 Å². The van der Waals surface area contributed by atoms with E-state index in [0.717, 1.165) is 58.3 Å². The summed E-state index contributed by atoms with van der Waals surface area (Å²) in [5, 5.41) is 17.1. The molecule has 2 heterocycles. The second-order valence-corrected chi connectivity index (χ2v) is 12.4. The first-order chi connectivity index (χ1) is 18.2. The van der Waals surface area contributed by atoms with Gasteiger partial charge in [-0.25, -0.2) is 13.4 Å².